The van der Waals surface area contributed by atoms with Crippen molar-refractivity contribution in [3.8, 4) is 5.75 Å². The Morgan fingerprint density at radius 3 is 2.29 bits per heavy atom. The van der Waals surface area contributed by atoms with E-state index >= 15 is 0 Å². The molecular weight excluding hydrogens is 411 g/mol. The molecule has 2 aromatic carbocycles. The van der Waals surface area contributed by atoms with Crippen LogP contribution in [0.2, 0.25) is 0 Å². The van der Waals surface area contributed by atoms with E-state index in [1.165, 1.54) is 31.7 Å². The van der Waals surface area contributed by atoms with Gasteiger partial charge in [-0.05, 0) is 85.4 Å². The van der Waals surface area contributed by atoms with Gasteiger partial charge in [-0.25, -0.2) is 8.78 Å². The first-order chi connectivity index (χ1) is 14.7. The smallest absolute Gasteiger partial charge is 0.403 e. The number of hydrogen-bond acceptors (Lipinski definition) is 1. The average Bonchev–Trinajstić information content (AvgIpc) is 2.71. The molecule has 1 saturated carbocycles. The fourth-order valence-electron chi connectivity index (χ4n) is 4.38. The molecule has 0 N–H and O–H groups in total. The molecule has 1 aliphatic rings. The van der Waals surface area contributed by atoms with Gasteiger partial charge in [0.1, 0.15) is 5.82 Å². The molecule has 0 bridgehead atoms. The van der Waals surface area contributed by atoms with Crippen LogP contribution in [0.15, 0.2) is 36.4 Å². The van der Waals surface area contributed by atoms with E-state index in [1.807, 2.05) is 6.07 Å². The number of alkyl halides is 3. The standard InChI is InChI=1S/C25H27F5O/c1-3-4-17-5-7-18(8-6-17)20-9-10-21(22(26)15-20)13-16(2)19-11-12-24(23(27)14-19)31-25(28,29)30/h9-15,17-18H,3-8H2,1-2H3. The van der Waals surface area contributed by atoms with E-state index in [2.05, 4.69) is 11.7 Å². The average molecular weight is 438 g/mol. The van der Waals surface area contributed by atoms with Gasteiger partial charge in [0.25, 0.3) is 0 Å². The Morgan fingerprint density at radius 1 is 1.00 bits per heavy atom. The van der Waals surface area contributed by atoms with Crippen molar-refractivity contribution in [1.82, 2.24) is 0 Å². The highest BCUT2D eigenvalue weighted by Crippen LogP contribution is 2.38. The lowest BCUT2D eigenvalue weighted by Gasteiger charge is -2.28. The van der Waals surface area contributed by atoms with Gasteiger partial charge in [-0.3, -0.25) is 0 Å². The van der Waals surface area contributed by atoms with Crippen molar-refractivity contribution in [1.29, 1.82) is 0 Å². The zero-order valence-corrected chi connectivity index (χ0v) is 17.7. The predicted molar refractivity (Wildman–Crippen MR) is 113 cm³/mol. The Labute approximate surface area is 179 Å². The van der Waals surface area contributed by atoms with E-state index in [0.717, 1.165) is 36.5 Å². The number of ether oxygens (including phenoxy) is 1. The Hall–Kier alpha value is -2.37. The largest absolute Gasteiger partial charge is 0.573 e. The fraction of sp³-hybridized carbons (Fsp3) is 0.440. The molecule has 0 amide bonds. The van der Waals surface area contributed by atoms with E-state index < -0.39 is 17.9 Å². The van der Waals surface area contributed by atoms with Crippen molar-refractivity contribution < 1.29 is 26.7 Å². The highest BCUT2D eigenvalue weighted by atomic mass is 19.4. The molecule has 1 nitrogen and oxygen atoms in total. The topological polar surface area (TPSA) is 9.23 Å². The second-order valence-electron chi connectivity index (χ2n) is 8.31. The van der Waals surface area contributed by atoms with Gasteiger partial charge in [-0.15, -0.1) is 13.2 Å². The molecule has 168 valence electrons. The van der Waals surface area contributed by atoms with E-state index in [-0.39, 0.29) is 5.82 Å². The minimum absolute atomic E-state index is 0.352. The Morgan fingerprint density at radius 2 is 1.71 bits per heavy atom. The van der Waals surface area contributed by atoms with Crippen LogP contribution in [0.3, 0.4) is 0 Å². The maximum absolute atomic E-state index is 14.7. The number of hydrogen-bond donors (Lipinski definition) is 0. The molecule has 0 radical (unpaired) electrons. The van der Waals surface area contributed by atoms with Crippen LogP contribution >= 0.6 is 0 Å². The maximum atomic E-state index is 14.7. The fourth-order valence-corrected chi connectivity index (χ4v) is 4.38. The first-order valence-corrected chi connectivity index (χ1v) is 10.7. The van der Waals surface area contributed by atoms with Gasteiger partial charge in [0.2, 0.25) is 0 Å². The Bertz CT molecular complexity index is 924. The summed E-state index contributed by atoms with van der Waals surface area (Å²) in [6.45, 7) is 3.86. The van der Waals surface area contributed by atoms with E-state index in [0.29, 0.717) is 22.6 Å². The summed E-state index contributed by atoms with van der Waals surface area (Å²) in [4.78, 5) is 0. The van der Waals surface area contributed by atoms with Crippen molar-refractivity contribution in [2.24, 2.45) is 5.92 Å². The summed E-state index contributed by atoms with van der Waals surface area (Å²) in [6, 6.07) is 8.41. The quantitative estimate of drug-likeness (QED) is 0.324. The van der Waals surface area contributed by atoms with Crippen LogP contribution in [0.5, 0.6) is 5.75 Å². The zero-order valence-electron chi connectivity index (χ0n) is 17.7. The normalized spacial score (nSPS) is 20.0. The van der Waals surface area contributed by atoms with Crippen LogP contribution in [-0.2, 0) is 0 Å². The Kier molecular flexibility index (Phi) is 7.39. The van der Waals surface area contributed by atoms with Gasteiger partial charge in [-0.2, -0.15) is 0 Å². The van der Waals surface area contributed by atoms with Crippen LogP contribution in [0.4, 0.5) is 22.0 Å². The van der Waals surface area contributed by atoms with Gasteiger partial charge >= 0.3 is 6.36 Å². The van der Waals surface area contributed by atoms with Gasteiger partial charge in [0, 0.05) is 5.56 Å². The van der Waals surface area contributed by atoms with Crippen molar-refractivity contribution in [3.63, 3.8) is 0 Å². The summed E-state index contributed by atoms with van der Waals surface area (Å²) in [5.74, 6) is -1.23. The molecule has 3 rings (SSSR count). The number of halogens is 5. The van der Waals surface area contributed by atoms with Crippen molar-refractivity contribution in [2.45, 2.75) is 64.7 Å². The first kappa shape index (κ1) is 23.3. The van der Waals surface area contributed by atoms with E-state index in [9.17, 15) is 22.0 Å². The summed E-state index contributed by atoms with van der Waals surface area (Å²) >= 11 is 0. The molecule has 1 aliphatic carbocycles. The molecule has 0 aromatic heterocycles. The number of benzene rings is 2. The highest BCUT2D eigenvalue weighted by molar-refractivity contribution is 5.80. The van der Waals surface area contributed by atoms with Crippen molar-refractivity contribution in [3.05, 3.63) is 64.7 Å². The van der Waals surface area contributed by atoms with Gasteiger partial charge in [-0.1, -0.05) is 38.0 Å². The number of rotatable bonds is 6. The third-order valence-corrected chi connectivity index (χ3v) is 6.02. The molecule has 0 heterocycles. The number of allylic oxidation sites excluding steroid dienone is 1. The van der Waals surface area contributed by atoms with Gasteiger partial charge < -0.3 is 4.74 Å². The minimum atomic E-state index is -4.96. The van der Waals surface area contributed by atoms with E-state index in [4.69, 9.17) is 0 Å². The van der Waals surface area contributed by atoms with Crippen LogP contribution < -0.4 is 4.74 Å². The van der Waals surface area contributed by atoms with Crippen molar-refractivity contribution in [2.75, 3.05) is 0 Å². The lowest BCUT2D eigenvalue weighted by Crippen LogP contribution is -2.17. The molecule has 1 fully saturated rings. The third kappa shape index (κ3) is 6.31. The van der Waals surface area contributed by atoms with Crippen LogP contribution in [0.25, 0.3) is 11.6 Å². The molecule has 0 aliphatic heterocycles. The minimum Gasteiger partial charge on any atom is -0.403 e. The monoisotopic (exact) mass is 438 g/mol. The van der Waals surface area contributed by atoms with E-state index in [1.54, 1.807) is 25.1 Å². The molecule has 31 heavy (non-hydrogen) atoms. The highest BCUT2D eigenvalue weighted by Gasteiger charge is 2.32. The summed E-state index contributed by atoms with van der Waals surface area (Å²) in [6.07, 6.45) is 3.57. The first-order valence-electron chi connectivity index (χ1n) is 10.7. The second kappa shape index (κ2) is 9.84. The van der Waals surface area contributed by atoms with Crippen LogP contribution in [0.1, 0.15) is 75.0 Å². The molecule has 0 saturated heterocycles. The lowest BCUT2D eigenvalue weighted by atomic mass is 9.77. The Balaban J connectivity index is 1.72. The molecule has 2 aromatic rings. The molecular formula is C25H27F5O. The van der Waals surface area contributed by atoms with Crippen molar-refractivity contribution >= 4 is 11.6 Å². The third-order valence-electron chi connectivity index (χ3n) is 6.02. The summed E-state index contributed by atoms with van der Waals surface area (Å²) in [5.41, 5.74) is 2.24. The lowest BCUT2D eigenvalue weighted by molar-refractivity contribution is -0.275. The summed E-state index contributed by atoms with van der Waals surface area (Å²) in [7, 11) is 0. The van der Waals surface area contributed by atoms with Crippen LogP contribution in [0, 0.1) is 17.6 Å². The van der Waals surface area contributed by atoms with Crippen LogP contribution in [-0.4, -0.2) is 6.36 Å². The SMILES string of the molecule is CCCC1CCC(c2ccc(C=C(C)c3ccc(OC(F)(F)F)c(F)c3)c(F)c2)CC1. The second-order valence-corrected chi connectivity index (χ2v) is 8.31. The molecule has 6 heteroatoms. The molecule has 0 spiro atoms. The predicted octanol–water partition coefficient (Wildman–Crippen LogP) is 8.50. The summed E-state index contributed by atoms with van der Waals surface area (Å²) in [5, 5.41) is 0. The van der Waals surface area contributed by atoms with Gasteiger partial charge in [0.05, 0.1) is 0 Å². The maximum Gasteiger partial charge on any atom is 0.573 e. The zero-order chi connectivity index (χ0) is 22.6. The van der Waals surface area contributed by atoms with Gasteiger partial charge in [0.15, 0.2) is 11.6 Å². The molecule has 0 atom stereocenters. The molecule has 0 unspecified atom stereocenters. The summed E-state index contributed by atoms with van der Waals surface area (Å²) < 4.78 is 69.2.